The molecule has 0 aromatic carbocycles. The summed E-state index contributed by atoms with van der Waals surface area (Å²) in [6.07, 6.45) is 8.82. The summed E-state index contributed by atoms with van der Waals surface area (Å²) in [5.74, 6) is 0. The first-order valence-electron chi connectivity index (χ1n) is 4.26. The van der Waals surface area contributed by atoms with Gasteiger partial charge in [0.25, 0.3) is 0 Å². The molecule has 0 atom stereocenters. The van der Waals surface area contributed by atoms with E-state index in [1.54, 1.807) is 6.08 Å². The van der Waals surface area contributed by atoms with Crippen molar-refractivity contribution in [3.8, 4) is 0 Å². The zero-order valence-electron chi connectivity index (χ0n) is 7.44. The molecule has 0 saturated carbocycles. The van der Waals surface area contributed by atoms with Crippen molar-refractivity contribution in [2.75, 3.05) is 6.67 Å². The smallest absolute Gasteiger partial charge is 0.108 e. The highest BCUT2D eigenvalue weighted by Crippen LogP contribution is 2.07. The molecule has 1 heteroatoms. The Kier molecular flexibility index (Phi) is 7.11. The van der Waals surface area contributed by atoms with Gasteiger partial charge in [-0.15, -0.1) is 0 Å². The summed E-state index contributed by atoms with van der Waals surface area (Å²) in [5, 5.41) is 0. The van der Waals surface area contributed by atoms with Crippen molar-refractivity contribution in [3.05, 3.63) is 23.8 Å². The van der Waals surface area contributed by atoms with E-state index in [-0.39, 0.29) is 6.67 Å². The zero-order chi connectivity index (χ0) is 8.53. The Balaban J connectivity index is 3.88. The van der Waals surface area contributed by atoms with Crippen LogP contribution in [0.15, 0.2) is 23.8 Å². The molecule has 0 bridgehead atoms. The normalized spacial score (nSPS) is 12.8. The maximum absolute atomic E-state index is 11.7. The van der Waals surface area contributed by atoms with Crippen LogP contribution in [0, 0.1) is 0 Å². The maximum atomic E-state index is 11.7. The Labute approximate surface area is 68.8 Å². The van der Waals surface area contributed by atoms with E-state index in [4.69, 9.17) is 0 Å². The van der Waals surface area contributed by atoms with Crippen molar-refractivity contribution in [1.29, 1.82) is 0 Å². The minimum atomic E-state index is -0.356. The van der Waals surface area contributed by atoms with Crippen LogP contribution in [0.4, 0.5) is 4.39 Å². The first-order valence-corrected chi connectivity index (χ1v) is 4.26. The molecule has 0 spiro atoms. The van der Waals surface area contributed by atoms with Gasteiger partial charge in [0.1, 0.15) is 6.67 Å². The summed E-state index contributed by atoms with van der Waals surface area (Å²) in [6, 6.07) is 0. The molecule has 0 aliphatic carbocycles. The summed E-state index contributed by atoms with van der Waals surface area (Å²) in [7, 11) is 0. The summed E-state index contributed by atoms with van der Waals surface area (Å²) < 4.78 is 11.7. The Morgan fingerprint density at radius 1 is 1.36 bits per heavy atom. The monoisotopic (exact) mass is 156 g/mol. The van der Waals surface area contributed by atoms with Gasteiger partial charge >= 0.3 is 0 Å². The van der Waals surface area contributed by atoms with Crippen LogP contribution in [0.2, 0.25) is 0 Å². The number of rotatable bonds is 5. The fourth-order valence-electron chi connectivity index (χ4n) is 1.00. The van der Waals surface area contributed by atoms with Crippen LogP contribution >= 0.6 is 0 Å². The second kappa shape index (κ2) is 7.52. The molecule has 0 fully saturated rings. The SMILES string of the molecule is CC/C=C(\C=C/CF)CCC. The van der Waals surface area contributed by atoms with E-state index in [9.17, 15) is 4.39 Å². The predicted molar refractivity (Wildman–Crippen MR) is 48.4 cm³/mol. The molecule has 0 aliphatic rings. The number of hydrogen-bond donors (Lipinski definition) is 0. The minimum absolute atomic E-state index is 0.356. The van der Waals surface area contributed by atoms with Crippen molar-refractivity contribution in [1.82, 2.24) is 0 Å². The first kappa shape index (κ1) is 10.4. The molecule has 0 aliphatic heterocycles. The largest absolute Gasteiger partial charge is 0.247 e. The molecule has 0 unspecified atom stereocenters. The van der Waals surface area contributed by atoms with Gasteiger partial charge in [-0.2, -0.15) is 0 Å². The lowest BCUT2D eigenvalue weighted by atomic mass is 10.1. The molecule has 0 N–H and O–H groups in total. The summed E-state index contributed by atoms with van der Waals surface area (Å²) in [5.41, 5.74) is 1.26. The highest BCUT2D eigenvalue weighted by molar-refractivity contribution is 5.18. The van der Waals surface area contributed by atoms with Crippen molar-refractivity contribution in [2.45, 2.75) is 33.1 Å². The third-order valence-corrected chi connectivity index (χ3v) is 1.43. The number of alkyl halides is 1. The summed E-state index contributed by atoms with van der Waals surface area (Å²) in [4.78, 5) is 0. The van der Waals surface area contributed by atoms with Gasteiger partial charge in [0.05, 0.1) is 0 Å². The van der Waals surface area contributed by atoms with E-state index in [1.807, 2.05) is 6.08 Å². The van der Waals surface area contributed by atoms with Gasteiger partial charge < -0.3 is 0 Å². The van der Waals surface area contributed by atoms with Gasteiger partial charge in [0.2, 0.25) is 0 Å². The fraction of sp³-hybridized carbons (Fsp3) is 0.600. The standard InChI is InChI=1S/C10H17F/c1-3-6-10(7-4-2)8-5-9-11/h5-6,8H,3-4,7,9H2,1-2H3/b8-5-,10-6-. The summed E-state index contributed by atoms with van der Waals surface area (Å²) in [6.45, 7) is 3.87. The minimum Gasteiger partial charge on any atom is -0.247 e. The third kappa shape index (κ3) is 5.84. The van der Waals surface area contributed by atoms with Crippen LogP contribution in [0.25, 0.3) is 0 Å². The van der Waals surface area contributed by atoms with Gasteiger partial charge in [-0.05, 0) is 12.8 Å². The molecule has 0 saturated heterocycles. The Hall–Kier alpha value is -0.590. The maximum Gasteiger partial charge on any atom is 0.108 e. The third-order valence-electron chi connectivity index (χ3n) is 1.43. The van der Waals surface area contributed by atoms with E-state index in [2.05, 4.69) is 19.9 Å². The molecule has 11 heavy (non-hydrogen) atoms. The van der Waals surface area contributed by atoms with Crippen LogP contribution < -0.4 is 0 Å². The Morgan fingerprint density at radius 2 is 2.09 bits per heavy atom. The molecular weight excluding hydrogens is 139 g/mol. The predicted octanol–water partition coefficient (Wildman–Crippen LogP) is 3.65. The quantitative estimate of drug-likeness (QED) is 0.533. The van der Waals surface area contributed by atoms with Crippen LogP contribution in [0.5, 0.6) is 0 Å². The van der Waals surface area contributed by atoms with Crippen molar-refractivity contribution < 1.29 is 4.39 Å². The highest BCUT2D eigenvalue weighted by atomic mass is 19.1. The van der Waals surface area contributed by atoms with Crippen LogP contribution in [0.1, 0.15) is 33.1 Å². The number of hydrogen-bond acceptors (Lipinski definition) is 0. The lowest BCUT2D eigenvalue weighted by Crippen LogP contribution is -1.77. The van der Waals surface area contributed by atoms with Crippen molar-refractivity contribution in [3.63, 3.8) is 0 Å². The Morgan fingerprint density at radius 3 is 2.55 bits per heavy atom. The molecule has 0 radical (unpaired) electrons. The van der Waals surface area contributed by atoms with E-state index < -0.39 is 0 Å². The first-order chi connectivity index (χ1) is 5.35. The number of allylic oxidation sites excluding steroid dienone is 4. The highest BCUT2D eigenvalue weighted by Gasteiger charge is 1.87. The zero-order valence-corrected chi connectivity index (χ0v) is 7.44. The second-order valence-corrected chi connectivity index (χ2v) is 2.49. The van der Waals surface area contributed by atoms with Gasteiger partial charge in [-0.1, -0.05) is 44.1 Å². The van der Waals surface area contributed by atoms with Gasteiger partial charge in [0.15, 0.2) is 0 Å². The van der Waals surface area contributed by atoms with Crippen molar-refractivity contribution in [2.24, 2.45) is 0 Å². The molecule has 0 heterocycles. The molecule has 0 nitrogen and oxygen atoms in total. The fourth-order valence-corrected chi connectivity index (χ4v) is 1.00. The van der Waals surface area contributed by atoms with Gasteiger partial charge in [-0.25, -0.2) is 4.39 Å². The molecule has 0 aromatic heterocycles. The van der Waals surface area contributed by atoms with E-state index in [1.165, 1.54) is 5.57 Å². The average Bonchev–Trinajstić information content (AvgIpc) is 2.01. The van der Waals surface area contributed by atoms with Crippen molar-refractivity contribution >= 4 is 0 Å². The molecule has 0 amide bonds. The lowest BCUT2D eigenvalue weighted by molar-refractivity contribution is 0.561. The number of halogens is 1. The summed E-state index contributed by atoms with van der Waals surface area (Å²) >= 11 is 0. The van der Waals surface area contributed by atoms with Crippen LogP contribution in [-0.2, 0) is 0 Å². The molecule has 0 rings (SSSR count). The van der Waals surface area contributed by atoms with E-state index in [0.717, 1.165) is 19.3 Å². The molecule has 64 valence electrons. The van der Waals surface area contributed by atoms with E-state index in [0.29, 0.717) is 0 Å². The lowest BCUT2D eigenvalue weighted by Gasteiger charge is -1.96. The Bertz CT molecular complexity index is 134. The van der Waals surface area contributed by atoms with Crippen LogP contribution in [-0.4, -0.2) is 6.67 Å². The van der Waals surface area contributed by atoms with Gasteiger partial charge in [0, 0.05) is 0 Å². The van der Waals surface area contributed by atoms with Crippen LogP contribution in [0.3, 0.4) is 0 Å². The topological polar surface area (TPSA) is 0 Å². The van der Waals surface area contributed by atoms with Gasteiger partial charge in [-0.3, -0.25) is 0 Å². The second-order valence-electron chi connectivity index (χ2n) is 2.49. The molecule has 0 aromatic rings. The van der Waals surface area contributed by atoms with E-state index >= 15 is 0 Å². The average molecular weight is 156 g/mol. The molecular formula is C10H17F.